The smallest absolute Gasteiger partial charge is 0.240 e. The number of primary sulfonamides is 1. The van der Waals surface area contributed by atoms with Crippen LogP contribution in [0.5, 0.6) is 0 Å². The van der Waals surface area contributed by atoms with Crippen LogP contribution in [0, 0.1) is 0 Å². The zero-order chi connectivity index (χ0) is 8.77. The minimum atomic E-state index is -3.58. The summed E-state index contributed by atoms with van der Waals surface area (Å²) in [6.07, 6.45) is 1.41. The standard InChI is InChI=1S/C6H6N2O2S2/c7-12(9,10)5-3-8-4-1-2-11-6(4)5/h1-3,8H,(H2,7,9,10). The molecule has 0 fully saturated rings. The average molecular weight is 202 g/mol. The molecule has 0 aliphatic heterocycles. The van der Waals surface area contributed by atoms with Crippen molar-refractivity contribution in [2.24, 2.45) is 5.14 Å². The molecule has 2 heterocycles. The van der Waals surface area contributed by atoms with Crippen molar-refractivity contribution in [3.05, 3.63) is 17.6 Å². The number of hydrogen-bond acceptors (Lipinski definition) is 3. The topological polar surface area (TPSA) is 76.0 Å². The highest BCUT2D eigenvalue weighted by Gasteiger charge is 2.14. The zero-order valence-electron chi connectivity index (χ0n) is 5.94. The van der Waals surface area contributed by atoms with Crippen LogP contribution in [0.25, 0.3) is 10.2 Å². The van der Waals surface area contributed by atoms with Crippen LogP contribution in [0.3, 0.4) is 0 Å². The van der Waals surface area contributed by atoms with Crippen molar-refractivity contribution in [1.82, 2.24) is 4.98 Å². The van der Waals surface area contributed by atoms with Crippen LogP contribution in [0.1, 0.15) is 0 Å². The van der Waals surface area contributed by atoms with E-state index < -0.39 is 10.0 Å². The van der Waals surface area contributed by atoms with Crippen LogP contribution in [0.2, 0.25) is 0 Å². The minimum absolute atomic E-state index is 0.174. The molecule has 0 radical (unpaired) electrons. The van der Waals surface area contributed by atoms with Crippen molar-refractivity contribution >= 4 is 31.6 Å². The maximum atomic E-state index is 11.0. The van der Waals surface area contributed by atoms with E-state index in [1.807, 2.05) is 11.4 Å². The van der Waals surface area contributed by atoms with Gasteiger partial charge in [-0.25, -0.2) is 13.6 Å². The van der Waals surface area contributed by atoms with Gasteiger partial charge in [-0.3, -0.25) is 0 Å². The van der Waals surface area contributed by atoms with Crippen LogP contribution in [-0.2, 0) is 10.0 Å². The SMILES string of the molecule is NS(=O)(=O)c1c[nH]c2ccsc12. The van der Waals surface area contributed by atoms with Gasteiger partial charge in [-0.05, 0) is 11.4 Å². The second-order valence-corrected chi connectivity index (χ2v) is 4.81. The van der Waals surface area contributed by atoms with Crippen LogP contribution in [0.4, 0.5) is 0 Å². The van der Waals surface area contributed by atoms with E-state index in [0.29, 0.717) is 4.70 Å². The Morgan fingerprint density at radius 2 is 2.25 bits per heavy atom. The highest BCUT2D eigenvalue weighted by molar-refractivity contribution is 7.89. The summed E-state index contributed by atoms with van der Waals surface area (Å²) >= 11 is 1.36. The zero-order valence-corrected chi connectivity index (χ0v) is 7.58. The molecule has 0 spiro atoms. The quantitative estimate of drug-likeness (QED) is 0.720. The molecule has 3 N–H and O–H groups in total. The van der Waals surface area contributed by atoms with E-state index in [0.717, 1.165) is 5.52 Å². The number of thiophene rings is 1. The van der Waals surface area contributed by atoms with Crippen molar-refractivity contribution in [3.63, 3.8) is 0 Å². The lowest BCUT2D eigenvalue weighted by molar-refractivity contribution is 0.599. The van der Waals surface area contributed by atoms with Crippen molar-refractivity contribution in [3.8, 4) is 0 Å². The summed E-state index contributed by atoms with van der Waals surface area (Å²) in [7, 11) is -3.58. The Bertz CT molecular complexity index is 508. The Morgan fingerprint density at radius 3 is 2.92 bits per heavy atom. The molecule has 64 valence electrons. The van der Waals surface area contributed by atoms with E-state index in [1.54, 1.807) is 0 Å². The summed E-state index contributed by atoms with van der Waals surface area (Å²) in [5.41, 5.74) is 0.809. The molecule has 0 aromatic carbocycles. The number of fused-ring (bicyclic) bond motifs is 1. The Kier molecular flexibility index (Phi) is 1.50. The average Bonchev–Trinajstić information content (AvgIpc) is 2.37. The summed E-state index contributed by atoms with van der Waals surface area (Å²) < 4.78 is 22.6. The lowest BCUT2D eigenvalue weighted by Gasteiger charge is -1.89. The molecule has 0 bridgehead atoms. The molecule has 0 atom stereocenters. The molecule has 6 heteroatoms. The molecule has 2 aromatic heterocycles. The molecular formula is C6H6N2O2S2. The van der Waals surface area contributed by atoms with Gasteiger partial charge in [0.1, 0.15) is 4.90 Å². The van der Waals surface area contributed by atoms with E-state index in [-0.39, 0.29) is 4.90 Å². The van der Waals surface area contributed by atoms with Gasteiger partial charge in [-0.15, -0.1) is 11.3 Å². The van der Waals surface area contributed by atoms with Crippen molar-refractivity contribution in [2.45, 2.75) is 4.90 Å². The molecule has 0 saturated carbocycles. The predicted octanol–water partition coefficient (Wildman–Crippen LogP) is 0.877. The minimum Gasteiger partial charge on any atom is -0.359 e. The fourth-order valence-corrected chi connectivity index (χ4v) is 2.89. The highest BCUT2D eigenvalue weighted by Crippen LogP contribution is 2.26. The summed E-state index contributed by atoms with van der Waals surface area (Å²) in [6.45, 7) is 0. The number of H-pyrrole nitrogens is 1. The number of sulfonamides is 1. The third kappa shape index (κ3) is 1.04. The largest absolute Gasteiger partial charge is 0.359 e. The number of hydrogen-bond donors (Lipinski definition) is 2. The predicted molar refractivity (Wildman–Crippen MR) is 47.5 cm³/mol. The molecule has 0 aliphatic rings. The molecule has 0 aliphatic carbocycles. The van der Waals surface area contributed by atoms with E-state index in [2.05, 4.69) is 4.98 Å². The summed E-state index contributed by atoms with van der Waals surface area (Å²) in [5.74, 6) is 0. The van der Waals surface area contributed by atoms with Gasteiger partial charge in [0.2, 0.25) is 10.0 Å². The van der Waals surface area contributed by atoms with Gasteiger partial charge in [0.05, 0.1) is 10.2 Å². The molecule has 2 rings (SSSR count). The van der Waals surface area contributed by atoms with Gasteiger partial charge in [-0.1, -0.05) is 0 Å². The summed E-state index contributed by atoms with van der Waals surface area (Å²) in [5, 5.41) is 6.80. The van der Waals surface area contributed by atoms with E-state index in [4.69, 9.17) is 5.14 Å². The second kappa shape index (κ2) is 2.32. The second-order valence-electron chi connectivity index (χ2n) is 2.36. The van der Waals surface area contributed by atoms with Gasteiger partial charge in [0, 0.05) is 6.20 Å². The first-order chi connectivity index (χ1) is 5.59. The first-order valence-electron chi connectivity index (χ1n) is 3.16. The van der Waals surface area contributed by atoms with E-state index in [9.17, 15) is 8.42 Å². The van der Waals surface area contributed by atoms with Crippen LogP contribution < -0.4 is 5.14 Å². The first kappa shape index (κ1) is 7.78. The first-order valence-corrected chi connectivity index (χ1v) is 5.59. The fraction of sp³-hybridized carbons (Fsp3) is 0. The van der Waals surface area contributed by atoms with Crippen LogP contribution >= 0.6 is 11.3 Å². The van der Waals surface area contributed by atoms with E-state index in [1.165, 1.54) is 17.5 Å². The lowest BCUT2D eigenvalue weighted by Crippen LogP contribution is -2.10. The van der Waals surface area contributed by atoms with Crippen LogP contribution in [0.15, 0.2) is 22.5 Å². The molecule has 12 heavy (non-hydrogen) atoms. The number of nitrogens with two attached hydrogens (primary N) is 1. The van der Waals surface area contributed by atoms with Gasteiger partial charge in [-0.2, -0.15) is 0 Å². The third-order valence-electron chi connectivity index (χ3n) is 1.55. The normalized spacial score (nSPS) is 12.4. The third-order valence-corrected chi connectivity index (χ3v) is 3.57. The maximum Gasteiger partial charge on any atom is 0.240 e. The van der Waals surface area contributed by atoms with Gasteiger partial charge in [0.15, 0.2) is 0 Å². The summed E-state index contributed by atoms with van der Waals surface area (Å²) in [6, 6.07) is 1.81. The molecule has 0 saturated heterocycles. The lowest BCUT2D eigenvalue weighted by atomic mass is 10.5. The Morgan fingerprint density at radius 1 is 1.50 bits per heavy atom. The van der Waals surface area contributed by atoms with Gasteiger partial charge >= 0.3 is 0 Å². The Balaban J connectivity index is 2.87. The molecular weight excluding hydrogens is 196 g/mol. The van der Waals surface area contributed by atoms with Crippen LogP contribution in [-0.4, -0.2) is 13.4 Å². The van der Waals surface area contributed by atoms with Crippen molar-refractivity contribution in [2.75, 3.05) is 0 Å². The van der Waals surface area contributed by atoms with E-state index >= 15 is 0 Å². The molecule has 0 unspecified atom stereocenters. The fourth-order valence-electron chi connectivity index (χ4n) is 1.03. The molecule has 0 amide bonds. The number of rotatable bonds is 1. The number of aromatic nitrogens is 1. The Labute approximate surface area is 73.1 Å². The maximum absolute atomic E-state index is 11.0. The van der Waals surface area contributed by atoms with Gasteiger partial charge in [0.25, 0.3) is 0 Å². The monoisotopic (exact) mass is 202 g/mol. The van der Waals surface area contributed by atoms with Gasteiger partial charge < -0.3 is 4.98 Å². The highest BCUT2D eigenvalue weighted by atomic mass is 32.2. The Hall–Kier alpha value is -0.850. The molecule has 4 nitrogen and oxygen atoms in total. The van der Waals surface area contributed by atoms with Crippen molar-refractivity contribution < 1.29 is 8.42 Å². The molecule has 2 aromatic rings. The number of aromatic amines is 1. The van der Waals surface area contributed by atoms with Crippen molar-refractivity contribution in [1.29, 1.82) is 0 Å². The number of nitrogens with one attached hydrogen (secondary N) is 1. The summed E-state index contributed by atoms with van der Waals surface area (Å²) in [4.78, 5) is 3.00.